The maximum atomic E-state index is 12.1. The molecule has 1 aliphatic heterocycles. The van der Waals surface area contributed by atoms with Crippen LogP contribution in [0.3, 0.4) is 0 Å². The number of hydrogen-bond acceptors (Lipinski definition) is 4. The first kappa shape index (κ1) is 18.9. The fraction of sp³-hybridized carbons (Fsp3) is 0.500. The molecule has 4 N–H and O–H groups in total. The SMILES string of the molecule is CC(C)CCNC(=O)NC(=O)CN1Cc2ccccc2CC1C(N)=O. The van der Waals surface area contributed by atoms with E-state index in [0.29, 0.717) is 25.4 Å². The van der Waals surface area contributed by atoms with E-state index in [4.69, 9.17) is 5.73 Å². The highest BCUT2D eigenvalue weighted by Gasteiger charge is 2.31. The molecule has 0 saturated carbocycles. The minimum atomic E-state index is -0.551. The van der Waals surface area contributed by atoms with Crippen LogP contribution in [0.2, 0.25) is 0 Å². The van der Waals surface area contributed by atoms with Crippen LogP contribution in [-0.4, -0.2) is 41.9 Å². The minimum absolute atomic E-state index is 0.0560. The summed E-state index contributed by atoms with van der Waals surface area (Å²) in [5.74, 6) is -0.447. The lowest BCUT2D eigenvalue weighted by atomic mass is 9.93. The lowest BCUT2D eigenvalue weighted by Gasteiger charge is -2.34. The topological polar surface area (TPSA) is 105 Å². The molecular weight excluding hydrogens is 320 g/mol. The number of carbonyl (C=O) groups excluding carboxylic acids is 3. The second-order valence-electron chi connectivity index (χ2n) is 6.78. The van der Waals surface area contributed by atoms with Crippen LogP contribution in [-0.2, 0) is 22.6 Å². The minimum Gasteiger partial charge on any atom is -0.368 e. The average Bonchev–Trinajstić information content (AvgIpc) is 2.53. The van der Waals surface area contributed by atoms with Gasteiger partial charge in [-0.25, -0.2) is 4.79 Å². The standard InChI is InChI=1S/C18H26N4O3/c1-12(2)7-8-20-18(25)21-16(23)11-22-10-14-6-4-3-5-13(14)9-15(22)17(19)24/h3-6,12,15H,7-11H2,1-2H3,(H2,19,24)(H2,20,21,23,25). The summed E-state index contributed by atoms with van der Waals surface area (Å²) in [6.45, 7) is 5.02. The molecule has 1 heterocycles. The smallest absolute Gasteiger partial charge is 0.321 e. The molecule has 0 spiro atoms. The van der Waals surface area contributed by atoms with E-state index in [1.165, 1.54) is 0 Å². The lowest BCUT2D eigenvalue weighted by molar-refractivity contribution is -0.127. The summed E-state index contributed by atoms with van der Waals surface area (Å²) < 4.78 is 0. The van der Waals surface area contributed by atoms with Gasteiger partial charge in [-0.05, 0) is 29.9 Å². The molecule has 0 radical (unpaired) electrons. The predicted octanol–water partition coefficient (Wildman–Crippen LogP) is 0.771. The van der Waals surface area contributed by atoms with Crippen LogP contribution < -0.4 is 16.4 Å². The number of nitrogens with zero attached hydrogens (tertiary/aromatic N) is 1. The maximum Gasteiger partial charge on any atom is 0.321 e. The van der Waals surface area contributed by atoms with E-state index in [1.807, 2.05) is 24.3 Å². The predicted molar refractivity (Wildman–Crippen MR) is 94.5 cm³/mol. The van der Waals surface area contributed by atoms with Gasteiger partial charge in [-0.1, -0.05) is 38.1 Å². The van der Waals surface area contributed by atoms with Gasteiger partial charge in [-0.15, -0.1) is 0 Å². The number of benzene rings is 1. The summed E-state index contributed by atoms with van der Waals surface area (Å²) in [6, 6.07) is 6.70. The Hall–Kier alpha value is -2.41. The average molecular weight is 346 g/mol. The summed E-state index contributed by atoms with van der Waals surface area (Å²) in [5, 5.41) is 4.95. The highest BCUT2D eigenvalue weighted by molar-refractivity contribution is 5.95. The maximum absolute atomic E-state index is 12.1. The van der Waals surface area contributed by atoms with Crippen molar-refractivity contribution in [3.8, 4) is 0 Å². The number of urea groups is 1. The van der Waals surface area contributed by atoms with Gasteiger partial charge in [0.25, 0.3) is 0 Å². The van der Waals surface area contributed by atoms with Gasteiger partial charge in [0.1, 0.15) is 0 Å². The zero-order chi connectivity index (χ0) is 18.4. The third kappa shape index (κ3) is 5.56. The molecule has 1 aromatic rings. The highest BCUT2D eigenvalue weighted by Crippen LogP contribution is 2.22. The van der Waals surface area contributed by atoms with Gasteiger partial charge >= 0.3 is 6.03 Å². The van der Waals surface area contributed by atoms with Gasteiger partial charge in [0.2, 0.25) is 11.8 Å². The number of imide groups is 1. The Bertz CT molecular complexity index is 645. The van der Waals surface area contributed by atoms with Crippen molar-refractivity contribution in [2.24, 2.45) is 11.7 Å². The molecule has 0 bridgehead atoms. The van der Waals surface area contributed by atoms with Crippen LogP contribution in [0.25, 0.3) is 0 Å². The van der Waals surface area contributed by atoms with Crippen LogP contribution >= 0.6 is 0 Å². The van der Waals surface area contributed by atoms with Gasteiger partial charge in [0.15, 0.2) is 0 Å². The first-order chi connectivity index (χ1) is 11.9. The van der Waals surface area contributed by atoms with Gasteiger partial charge in [-0.3, -0.25) is 19.8 Å². The zero-order valence-corrected chi connectivity index (χ0v) is 14.7. The van der Waals surface area contributed by atoms with Gasteiger partial charge < -0.3 is 11.1 Å². The van der Waals surface area contributed by atoms with Crippen molar-refractivity contribution in [2.75, 3.05) is 13.1 Å². The largest absolute Gasteiger partial charge is 0.368 e. The molecule has 0 saturated heterocycles. The molecule has 7 heteroatoms. The lowest BCUT2D eigenvalue weighted by Crippen LogP contribution is -2.53. The molecule has 25 heavy (non-hydrogen) atoms. The summed E-state index contributed by atoms with van der Waals surface area (Å²) >= 11 is 0. The Morgan fingerprint density at radius 2 is 1.92 bits per heavy atom. The molecular formula is C18H26N4O3. The molecule has 0 aliphatic carbocycles. The van der Waals surface area contributed by atoms with Crippen molar-refractivity contribution in [1.82, 2.24) is 15.5 Å². The number of rotatable bonds is 6. The molecule has 1 aromatic carbocycles. The van der Waals surface area contributed by atoms with E-state index in [2.05, 4.69) is 24.5 Å². The molecule has 1 atom stereocenters. The molecule has 7 nitrogen and oxygen atoms in total. The summed E-state index contributed by atoms with van der Waals surface area (Å²) in [5.41, 5.74) is 7.62. The van der Waals surface area contributed by atoms with E-state index in [0.717, 1.165) is 17.5 Å². The molecule has 2 rings (SSSR count). The summed E-state index contributed by atoms with van der Waals surface area (Å²) in [6.07, 6.45) is 1.31. The van der Waals surface area contributed by atoms with Crippen LogP contribution in [0.1, 0.15) is 31.4 Å². The van der Waals surface area contributed by atoms with Crippen LogP contribution in [0, 0.1) is 5.92 Å². The van der Waals surface area contributed by atoms with Crippen LogP contribution in [0.15, 0.2) is 24.3 Å². The van der Waals surface area contributed by atoms with Crippen molar-refractivity contribution in [2.45, 2.75) is 39.3 Å². The third-order valence-corrected chi connectivity index (χ3v) is 4.28. The van der Waals surface area contributed by atoms with Gasteiger partial charge in [-0.2, -0.15) is 0 Å². The fourth-order valence-corrected chi connectivity index (χ4v) is 2.89. The fourth-order valence-electron chi connectivity index (χ4n) is 2.89. The Morgan fingerprint density at radius 3 is 2.56 bits per heavy atom. The van der Waals surface area contributed by atoms with Crippen molar-refractivity contribution in [3.63, 3.8) is 0 Å². The van der Waals surface area contributed by atoms with Crippen molar-refractivity contribution in [3.05, 3.63) is 35.4 Å². The first-order valence-corrected chi connectivity index (χ1v) is 8.54. The van der Waals surface area contributed by atoms with Crippen molar-refractivity contribution < 1.29 is 14.4 Å². The molecule has 0 fully saturated rings. The quantitative estimate of drug-likeness (QED) is 0.707. The van der Waals surface area contributed by atoms with Gasteiger partial charge in [0, 0.05) is 13.1 Å². The number of hydrogen-bond donors (Lipinski definition) is 3. The third-order valence-electron chi connectivity index (χ3n) is 4.28. The van der Waals surface area contributed by atoms with Crippen LogP contribution in [0.4, 0.5) is 4.79 Å². The Labute approximate surface area is 147 Å². The Balaban J connectivity index is 1.92. The van der Waals surface area contributed by atoms with E-state index in [-0.39, 0.29) is 6.54 Å². The molecule has 136 valence electrons. The van der Waals surface area contributed by atoms with E-state index >= 15 is 0 Å². The number of primary amides is 1. The molecule has 4 amide bonds. The van der Waals surface area contributed by atoms with Crippen molar-refractivity contribution >= 4 is 17.8 Å². The molecule has 1 aliphatic rings. The number of carbonyl (C=O) groups is 3. The monoisotopic (exact) mass is 346 g/mol. The summed E-state index contributed by atoms with van der Waals surface area (Å²) in [7, 11) is 0. The highest BCUT2D eigenvalue weighted by atomic mass is 16.2. The molecule has 0 aromatic heterocycles. The Morgan fingerprint density at radius 1 is 1.24 bits per heavy atom. The van der Waals surface area contributed by atoms with Crippen molar-refractivity contribution in [1.29, 1.82) is 0 Å². The first-order valence-electron chi connectivity index (χ1n) is 8.54. The number of amides is 4. The number of nitrogens with two attached hydrogens (primary N) is 1. The normalized spacial score (nSPS) is 17.0. The van der Waals surface area contributed by atoms with Gasteiger partial charge in [0.05, 0.1) is 12.6 Å². The van der Waals surface area contributed by atoms with Crippen LogP contribution in [0.5, 0.6) is 0 Å². The molecule has 1 unspecified atom stereocenters. The van der Waals surface area contributed by atoms with E-state index in [1.54, 1.807) is 4.90 Å². The zero-order valence-electron chi connectivity index (χ0n) is 14.7. The number of nitrogens with one attached hydrogen (secondary N) is 2. The van der Waals surface area contributed by atoms with E-state index < -0.39 is 23.9 Å². The Kier molecular flexibility index (Phi) is 6.52. The van der Waals surface area contributed by atoms with E-state index in [9.17, 15) is 14.4 Å². The second-order valence-corrected chi connectivity index (χ2v) is 6.78. The number of fused-ring (bicyclic) bond motifs is 1. The summed E-state index contributed by atoms with van der Waals surface area (Å²) in [4.78, 5) is 37.3. The second kappa shape index (κ2) is 8.62.